The molecule has 3 rings (SSSR count). The zero-order valence-corrected chi connectivity index (χ0v) is 28.5. The van der Waals surface area contributed by atoms with E-state index >= 15 is 0 Å². The van der Waals surface area contributed by atoms with E-state index in [4.69, 9.17) is 37.6 Å². The van der Waals surface area contributed by atoms with Crippen LogP contribution in [0, 0.1) is 0 Å². The van der Waals surface area contributed by atoms with Crippen LogP contribution in [0.25, 0.3) is 11.0 Å². The van der Waals surface area contributed by atoms with Gasteiger partial charge in [-0.25, -0.2) is 9.59 Å². The van der Waals surface area contributed by atoms with E-state index in [1.54, 1.807) is 55.5 Å². The number of Topliss-reactive ketones (excluding diaryl/α,β-unsaturated/α-hetero) is 1. The summed E-state index contributed by atoms with van der Waals surface area (Å²) in [4.78, 5) is 62.0. The standard InChI is InChI=1S/C37H44O13/c1-26(2)36(41)48-24-22-46-20-18-44-16-15-43-17-19-45-21-23-47-32(39)13-14-33(40)50-35-29-11-7-8-12-31(29)49-37(42)34(35)30(25-27(3)38)28-9-5-4-6-10-28/h4-12,30H,1,13-25H2,2-3H3. The van der Waals surface area contributed by atoms with Gasteiger partial charge in [-0.3, -0.25) is 14.4 Å². The van der Waals surface area contributed by atoms with Crippen LogP contribution in [-0.2, 0) is 47.6 Å². The van der Waals surface area contributed by atoms with Crippen molar-refractivity contribution in [3.8, 4) is 5.75 Å². The molecule has 0 fully saturated rings. The van der Waals surface area contributed by atoms with Gasteiger partial charge in [0.25, 0.3) is 0 Å². The summed E-state index contributed by atoms with van der Waals surface area (Å²) in [6.45, 7) is 9.10. The van der Waals surface area contributed by atoms with Crippen molar-refractivity contribution >= 4 is 34.7 Å². The predicted molar refractivity (Wildman–Crippen MR) is 181 cm³/mol. The third kappa shape index (κ3) is 14.0. The molecule has 1 heterocycles. The number of carbonyl (C=O) groups excluding carboxylic acids is 4. The highest BCUT2D eigenvalue weighted by Crippen LogP contribution is 2.37. The Bertz CT molecular complexity index is 1610. The largest absolute Gasteiger partial charge is 0.463 e. The number of esters is 3. The fraction of sp³-hybridized carbons (Fsp3) is 0.432. The van der Waals surface area contributed by atoms with Crippen molar-refractivity contribution < 1.29 is 56.8 Å². The SMILES string of the molecule is C=C(C)C(=O)OCCOCCOCCOCCOCCOC(=O)CCC(=O)Oc1c(C(CC(C)=O)c2ccccc2)c(=O)oc2ccccc12. The van der Waals surface area contributed by atoms with Gasteiger partial charge in [0.1, 0.15) is 24.6 Å². The number of hydrogen-bond donors (Lipinski definition) is 0. The first-order valence-corrected chi connectivity index (χ1v) is 16.3. The lowest BCUT2D eigenvalue weighted by atomic mass is 9.87. The van der Waals surface area contributed by atoms with Gasteiger partial charge in [-0.15, -0.1) is 0 Å². The average molecular weight is 697 g/mol. The number of fused-ring (bicyclic) bond motifs is 1. The van der Waals surface area contributed by atoms with E-state index < -0.39 is 29.5 Å². The Hall–Kier alpha value is -4.69. The zero-order chi connectivity index (χ0) is 36.1. The number of rotatable bonds is 24. The number of ketones is 1. The molecule has 270 valence electrons. The fourth-order valence-corrected chi connectivity index (χ4v) is 4.64. The summed E-state index contributed by atoms with van der Waals surface area (Å²) in [5, 5.41) is 0.387. The summed E-state index contributed by atoms with van der Waals surface area (Å²) in [6, 6.07) is 15.6. The molecule has 1 atom stereocenters. The molecule has 50 heavy (non-hydrogen) atoms. The molecule has 0 saturated carbocycles. The minimum Gasteiger partial charge on any atom is -0.463 e. The molecule has 0 radical (unpaired) electrons. The highest BCUT2D eigenvalue weighted by atomic mass is 16.6. The van der Waals surface area contributed by atoms with Crippen LogP contribution in [-0.4, -0.2) is 89.8 Å². The molecule has 0 saturated heterocycles. The van der Waals surface area contributed by atoms with Gasteiger partial charge >= 0.3 is 23.5 Å². The molecule has 2 aromatic carbocycles. The lowest BCUT2D eigenvalue weighted by molar-refractivity contribution is -0.148. The van der Waals surface area contributed by atoms with Crippen molar-refractivity contribution in [2.75, 3.05) is 66.1 Å². The Morgan fingerprint density at radius 3 is 1.78 bits per heavy atom. The minimum atomic E-state index is -0.750. The van der Waals surface area contributed by atoms with E-state index in [1.807, 2.05) is 6.07 Å². The summed E-state index contributed by atoms with van der Waals surface area (Å²) in [5.74, 6) is -2.70. The summed E-state index contributed by atoms with van der Waals surface area (Å²) in [7, 11) is 0. The van der Waals surface area contributed by atoms with Crippen molar-refractivity contribution in [2.24, 2.45) is 0 Å². The lowest BCUT2D eigenvalue weighted by Gasteiger charge is -2.19. The smallest absolute Gasteiger partial charge is 0.343 e. The molecule has 13 heteroatoms. The zero-order valence-electron chi connectivity index (χ0n) is 28.5. The summed E-state index contributed by atoms with van der Waals surface area (Å²) in [5.41, 5.74) is 0.570. The molecule has 0 aliphatic heterocycles. The third-order valence-corrected chi connectivity index (χ3v) is 7.01. The predicted octanol–water partition coefficient (Wildman–Crippen LogP) is 4.32. The van der Waals surface area contributed by atoms with Crippen LogP contribution in [0.2, 0.25) is 0 Å². The lowest BCUT2D eigenvalue weighted by Crippen LogP contribution is -2.21. The van der Waals surface area contributed by atoms with Gasteiger partial charge in [-0.05, 0) is 31.5 Å². The van der Waals surface area contributed by atoms with Crippen LogP contribution in [0.1, 0.15) is 50.2 Å². The van der Waals surface area contributed by atoms with Gasteiger partial charge in [0.15, 0.2) is 5.75 Å². The maximum absolute atomic E-state index is 13.3. The van der Waals surface area contributed by atoms with Crippen molar-refractivity contribution in [2.45, 2.75) is 39.0 Å². The summed E-state index contributed by atoms with van der Waals surface area (Å²) < 4.78 is 42.8. The van der Waals surface area contributed by atoms with E-state index in [0.29, 0.717) is 49.6 Å². The maximum Gasteiger partial charge on any atom is 0.343 e. The number of carbonyl (C=O) groups is 4. The molecule has 0 aliphatic carbocycles. The van der Waals surface area contributed by atoms with E-state index in [9.17, 15) is 24.0 Å². The normalized spacial score (nSPS) is 11.6. The van der Waals surface area contributed by atoms with E-state index in [2.05, 4.69) is 6.58 Å². The topological polar surface area (TPSA) is 163 Å². The monoisotopic (exact) mass is 696 g/mol. The summed E-state index contributed by atoms with van der Waals surface area (Å²) in [6.07, 6.45) is -0.564. The van der Waals surface area contributed by atoms with Crippen LogP contribution in [0.5, 0.6) is 5.75 Å². The van der Waals surface area contributed by atoms with Gasteiger partial charge in [0, 0.05) is 17.9 Å². The number of hydrogen-bond acceptors (Lipinski definition) is 13. The second kappa shape index (κ2) is 22.1. The second-order valence-corrected chi connectivity index (χ2v) is 11.1. The minimum absolute atomic E-state index is 0.00253. The number of benzene rings is 2. The van der Waals surface area contributed by atoms with E-state index in [0.717, 1.165) is 0 Å². The third-order valence-electron chi connectivity index (χ3n) is 7.01. The Morgan fingerprint density at radius 1 is 0.680 bits per heavy atom. The fourth-order valence-electron chi connectivity index (χ4n) is 4.64. The van der Waals surface area contributed by atoms with Crippen molar-refractivity contribution in [1.82, 2.24) is 0 Å². The number of ether oxygens (including phenoxy) is 7. The molecule has 0 aliphatic rings. The molecular formula is C37H44O13. The van der Waals surface area contributed by atoms with E-state index in [1.165, 1.54) is 6.92 Å². The van der Waals surface area contributed by atoms with Crippen molar-refractivity contribution in [1.29, 1.82) is 0 Å². The van der Waals surface area contributed by atoms with Crippen LogP contribution in [0.3, 0.4) is 0 Å². The Labute approximate surface area is 290 Å². The molecule has 0 bridgehead atoms. The van der Waals surface area contributed by atoms with Crippen LogP contribution >= 0.6 is 0 Å². The molecule has 0 amide bonds. The van der Waals surface area contributed by atoms with Gasteiger partial charge in [0.2, 0.25) is 0 Å². The Morgan fingerprint density at radius 2 is 1.20 bits per heavy atom. The first-order chi connectivity index (χ1) is 24.2. The Kier molecular flexibility index (Phi) is 17.6. The first kappa shape index (κ1) is 39.7. The Balaban J connectivity index is 1.34. The molecular weight excluding hydrogens is 652 g/mol. The highest BCUT2D eigenvalue weighted by molar-refractivity contribution is 5.89. The highest BCUT2D eigenvalue weighted by Gasteiger charge is 2.28. The quantitative estimate of drug-likeness (QED) is 0.0564. The van der Waals surface area contributed by atoms with Gasteiger partial charge in [-0.1, -0.05) is 49.0 Å². The molecule has 0 N–H and O–H groups in total. The van der Waals surface area contributed by atoms with Crippen molar-refractivity contribution in [3.63, 3.8) is 0 Å². The maximum atomic E-state index is 13.3. The van der Waals surface area contributed by atoms with E-state index in [-0.39, 0.29) is 75.0 Å². The second-order valence-electron chi connectivity index (χ2n) is 11.1. The van der Waals surface area contributed by atoms with Crippen LogP contribution < -0.4 is 10.4 Å². The number of para-hydroxylation sites is 1. The van der Waals surface area contributed by atoms with Crippen LogP contribution in [0.4, 0.5) is 0 Å². The molecule has 3 aromatic rings. The van der Waals surface area contributed by atoms with Gasteiger partial charge in [0.05, 0.1) is 76.6 Å². The first-order valence-electron chi connectivity index (χ1n) is 16.3. The molecule has 0 spiro atoms. The van der Waals surface area contributed by atoms with Gasteiger partial charge in [-0.2, -0.15) is 0 Å². The molecule has 1 unspecified atom stereocenters. The van der Waals surface area contributed by atoms with Crippen LogP contribution in [0.15, 0.2) is 76.0 Å². The van der Waals surface area contributed by atoms with Crippen molar-refractivity contribution in [3.05, 3.63) is 88.3 Å². The average Bonchev–Trinajstić information content (AvgIpc) is 3.10. The molecule has 1 aromatic heterocycles. The molecule has 13 nitrogen and oxygen atoms in total. The summed E-state index contributed by atoms with van der Waals surface area (Å²) >= 11 is 0. The van der Waals surface area contributed by atoms with Gasteiger partial charge < -0.3 is 37.6 Å².